The largest absolute Gasteiger partial charge is 0.494 e. The summed E-state index contributed by atoms with van der Waals surface area (Å²) in [5, 5.41) is 4.75. The zero-order valence-electron chi connectivity index (χ0n) is 15.3. The molecule has 0 unspecified atom stereocenters. The van der Waals surface area contributed by atoms with E-state index in [1.165, 1.54) is 0 Å². The van der Waals surface area contributed by atoms with E-state index in [2.05, 4.69) is 9.88 Å². The Kier molecular flexibility index (Phi) is 5.52. The summed E-state index contributed by atoms with van der Waals surface area (Å²) in [4.78, 5) is 12.9. The van der Waals surface area contributed by atoms with Crippen LogP contribution in [0.2, 0.25) is 5.02 Å². The van der Waals surface area contributed by atoms with Crippen LogP contribution in [0.15, 0.2) is 42.5 Å². The Hall–Kier alpha value is -2.46. The van der Waals surface area contributed by atoms with Crippen molar-refractivity contribution >= 4 is 28.4 Å². The van der Waals surface area contributed by atoms with E-state index in [0.717, 1.165) is 34.3 Å². The van der Waals surface area contributed by atoms with Gasteiger partial charge in [0.2, 0.25) is 0 Å². The van der Waals surface area contributed by atoms with Crippen molar-refractivity contribution in [2.45, 2.75) is 33.9 Å². The van der Waals surface area contributed by atoms with Crippen LogP contribution in [0.1, 0.15) is 35.5 Å². The van der Waals surface area contributed by atoms with Crippen LogP contribution in [0.3, 0.4) is 0 Å². The summed E-state index contributed by atoms with van der Waals surface area (Å²) in [5.41, 5.74) is 3.73. The molecule has 4 nitrogen and oxygen atoms in total. The molecule has 0 bridgehead atoms. The number of amides is 1. The highest BCUT2D eigenvalue weighted by Gasteiger charge is 2.19. The molecule has 3 rings (SSSR count). The average molecular weight is 371 g/mol. The van der Waals surface area contributed by atoms with Gasteiger partial charge in [0.25, 0.3) is 5.91 Å². The first-order valence-electron chi connectivity index (χ1n) is 8.83. The van der Waals surface area contributed by atoms with Gasteiger partial charge in [-0.05, 0) is 62.2 Å². The van der Waals surface area contributed by atoms with E-state index in [-0.39, 0.29) is 5.91 Å². The van der Waals surface area contributed by atoms with Crippen molar-refractivity contribution < 1.29 is 9.53 Å². The van der Waals surface area contributed by atoms with Gasteiger partial charge in [-0.15, -0.1) is 0 Å². The highest BCUT2D eigenvalue weighted by atomic mass is 35.5. The second-order valence-corrected chi connectivity index (χ2v) is 6.58. The van der Waals surface area contributed by atoms with E-state index in [0.29, 0.717) is 23.9 Å². The molecule has 0 aliphatic carbocycles. The standard InChI is InChI=1S/C21H23ClN2O2/c1-4-24-19-11-10-17(26-5-2)12-18(19)14(3)20(24)21(25)23-13-15-6-8-16(22)9-7-15/h6-12H,4-5,13H2,1-3H3,(H,23,25). The summed E-state index contributed by atoms with van der Waals surface area (Å²) in [5.74, 6) is 0.748. The fourth-order valence-corrected chi connectivity index (χ4v) is 3.37. The van der Waals surface area contributed by atoms with Crippen LogP contribution < -0.4 is 10.1 Å². The normalized spacial score (nSPS) is 10.9. The molecule has 0 radical (unpaired) electrons. The number of carbonyl (C=O) groups is 1. The maximum atomic E-state index is 12.9. The molecule has 0 saturated heterocycles. The first-order valence-corrected chi connectivity index (χ1v) is 9.21. The van der Waals surface area contributed by atoms with Crippen molar-refractivity contribution in [3.8, 4) is 5.75 Å². The number of aryl methyl sites for hydroxylation is 2. The molecule has 1 aromatic heterocycles. The van der Waals surface area contributed by atoms with Gasteiger partial charge in [-0.25, -0.2) is 0 Å². The Bertz CT molecular complexity index is 929. The Morgan fingerprint density at radius 2 is 1.88 bits per heavy atom. The highest BCUT2D eigenvalue weighted by Crippen LogP contribution is 2.29. The average Bonchev–Trinajstić information content (AvgIpc) is 2.93. The van der Waals surface area contributed by atoms with E-state index in [4.69, 9.17) is 16.3 Å². The second kappa shape index (κ2) is 7.83. The van der Waals surface area contributed by atoms with E-state index < -0.39 is 0 Å². The predicted octanol–water partition coefficient (Wildman–Crippen LogP) is 4.95. The Morgan fingerprint density at radius 3 is 2.54 bits per heavy atom. The van der Waals surface area contributed by atoms with Gasteiger partial charge in [0.1, 0.15) is 11.4 Å². The molecule has 0 spiro atoms. The quantitative estimate of drug-likeness (QED) is 0.667. The summed E-state index contributed by atoms with van der Waals surface area (Å²) in [7, 11) is 0. The third kappa shape index (κ3) is 3.56. The van der Waals surface area contributed by atoms with Crippen molar-refractivity contribution in [2.24, 2.45) is 0 Å². The lowest BCUT2D eigenvalue weighted by Crippen LogP contribution is -2.26. The highest BCUT2D eigenvalue weighted by molar-refractivity contribution is 6.30. The van der Waals surface area contributed by atoms with Crippen LogP contribution in [0, 0.1) is 6.92 Å². The SMILES string of the molecule is CCOc1ccc2c(c1)c(C)c(C(=O)NCc1ccc(Cl)cc1)n2CC. The Balaban J connectivity index is 1.91. The van der Waals surface area contributed by atoms with Crippen LogP contribution in [-0.2, 0) is 13.1 Å². The fourth-order valence-electron chi connectivity index (χ4n) is 3.25. The van der Waals surface area contributed by atoms with Crippen LogP contribution >= 0.6 is 11.6 Å². The van der Waals surface area contributed by atoms with E-state index in [1.54, 1.807) is 0 Å². The number of nitrogens with one attached hydrogen (secondary N) is 1. The number of benzene rings is 2. The lowest BCUT2D eigenvalue weighted by molar-refractivity contribution is 0.0941. The second-order valence-electron chi connectivity index (χ2n) is 6.14. The Morgan fingerprint density at radius 1 is 1.15 bits per heavy atom. The van der Waals surface area contributed by atoms with E-state index in [1.807, 2.05) is 63.2 Å². The lowest BCUT2D eigenvalue weighted by Gasteiger charge is -2.10. The van der Waals surface area contributed by atoms with Gasteiger partial charge in [-0.1, -0.05) is 23.7 Å². The smallest absolute Gasteiger partial charge is 0.268 e. The van der Waals surface area contributed by atoms with E-state index >= 15 is 0 Å². The van der Waals surface area contributed by atoms with Crippen LogP contribution in [-0.4, -0.2) is 17.1 Å². The molecule has 1 amide bonds. The molecule has 26 heavy (non-hydrogen) atoms. The van der Waals surface area contributed by atoms with Gasteiger partial charge in [0, 0.05) is 29.0 Å². The molecular weight excluding hydrogens is 348 g/mol. The predicted molar refractivity (Wildman–Crippen MR) is 106 cm³/mol. The summed E-state index contributed by atoms with van der Waals surface area (Å²) in [6.45, 7) is 7.80. The number of aromatic nitrogens is 1. The number of halogens is 1. The fraction of sp³-hybridized carbons (Fsp3) is 0.286. The molecule has 0 aliphatic rings. The van der Waals surface area contributed by atoms with Gasteiger partial charge in [-0.3, -0.25) is 4.79 Å². The number of ether oxygens (including phenoxy) is 1. The van der Waals surface area contributed by atoms with Crippen LogP contribution in [0.25, 0.3) is 10.9 Å². The van der Waals surface area contributed by atoms with Crippen molar-refractivity contribution in [1.82, 2.24) is 9.88 Å². The molecule has 0 fully saturated rings. The van der Waals surface area contributed by atoms with E-state index in [9.17, 15) is 4.79 Å². The molecule has 1 N–H and O–H groups in total. The molecule has 0 saturated carbocycles. The van der Waals surface area contributed by atoms with Crippen LogP contribution in [0.4, 0.5) is 0 Å². The number of hydrogen-bond donors (Lipinski definition) is 1. The molecule has 3 aromatic rings. The number of hydrogen-bond acceptors (Lipinski definition) is 2. The third-order valence-corrected chi connectivity index (χ3v) is 4.75. The number of fused-ring (bicyclic) bond motifs is 1. The van der Waals surface area contributed by atoms with Gasteiger partial charge in [-0.2, -0.15) is 0 Å². The van der Waals surface area contributed by atoms with Gasteiger partial charge >= 0.3 is 0 Å². The number of carbonyl (C=O) groups excluding carboxylic acids is 1. The first kappa shape index (κ1) is 18.3. The minimum Gasteiger partial charge on any atom is -0.494 e. The molecule has 2 aromatic carbocycles. The third-order valence-electron chi connectivity index (χ3n) is 4.50. The molecular formula is C21H23ClN2O2. The number of nitrogens with zero attached hydrogens (tertiary/aromatic N) is 1. The topological polar surface area (TPSA) is 43.3 Å². The van der Waals surface area contributed by atoms with Crippen molar-refractivity contribution in [3.05, 3.63) is 64.3 Å². The molecule has 136 valence electrons. The zero-order valence-corrected chi connectivity index (χ0v) is 16.1. The minimum absolute atomic E-state index is 0.0755. The molecule has 5 heteroatoms. The van der Waals surface area contributed by atoms with Crippen molar-refractivity contribution in [3.63, 3.8) is 0 Å². The molecule has 0 aliphatic heterocycles. The van der Waals surface area contributed by atoms with Crippen LogP contribution in [0.5, 0.6) is 5.75 Å². The maximum absolute atomic E-state index is 12.9. The minimum atomic E-state index is -0.0755. The van der Waals surface area contributed by atoms with Crippen molar-refractivity contribution in [2.75, 3.05) is 6.61 Å². The summed E-state index contributed by atoms with van der Waals surface area (Å²) < 4.78 is 7.66. The maximum Gasteiger partial charge on any atom is 0.268 e. The summed E-state index contributed by atoms with van der Waals surface area (Å²) in [6.07, 6.45) is 0. The van der Waals surface area contributed by atoms with Gasteiger partial charge in [0.05, 0.1) is 6.61 Å². The Labute approximate surface area is 158 Å². The van der Waals surface area contributed by atoms with Gasteiger partial charge in [0.15, 0.2) is 0 Å². The summed E-state index contributed by atoms with van der Waals surface area (Å²) in [6, 6.07) is 13.5. The molecule has 1 heterocycles. The molecule has 0 atom stereocenters. The number of rotatable bonds is 6. The first-order chi connectivity index (χ1) is 12.5. The monoisotopic (exact) mass is 370 g/mol. The van der Waals surface area contributed by atoms with Gasteiger partial charge < -0.3 is 14.6 Å². The van der Waals surface area contributed by atoms with Crippen molar-refractivity contribution in [1.29, 1.82) is 0 Å². The summed E-state index contributed by atoms with van der Waals surface area (Å²) >= 11 is 5.91. The zero-order chi connectivity index (χ0) is 18.7. The lowest BCUT2D eigenvalue weighted by atomic mass is 10.1.